The molecule has 18 heavy (non-hydrogen) atoms. The van der Waals surface area contributed by atoms with E-state index in [4.69, 9.17) is 0 Å². The van der Waals surface area contributed by atoms with Crippen molar-refractivity contribution in [3.63, 3.8) is 0 Å². The van der Waals surface area contributed by atoms with Crippen LogP contribution in [0.1, 0.15) is 44.6 Å². The van der Waals surface area contributed by atoms with E-state index in [1.807, 2.05) is 0 Å². The van der Waals surface area contributed by atoms with Crippen LogP contribution in [-0.2, 0) is 0 Å². The molecule has 0 radical (unpaired) electrons. The number of likely N-dealkylation sites (tertiary alicyclic amines) is 1. The first-order valence-electron chi connectivity index (χ1n) is 7.36. The van der Waals surface area contributed by atoms with Gasteiger partial charge in [-0.3, -0.25) is 4.90 Å². The summed E-state index contributed by atoms with van der Waals surface area (Å²) in [6.45, 7) is 3.68. The minimum absolute atomic E-state index is 0.725. The van der Waals surface area contributed by atoms with Crippen LogP contribution >= 0.6 is 0 Å². The van der Waals surface area contributed by atoms with Gasteiger partial charge in [0.05, 0.1) is 0 Å². The van der Waals surface area contributed by atoms with E-state index in [1.54, 1.807) is 5.57 Å². The largest absolute Gasteiger partial charge is 0.294 e. The Morgan fingerprint density at radius 3 is 2.61 bits per heavy atom. The summed E-state index contributed by atoms with van der Waals surface area (Å²) in [5.74, 6) is 0. The summed E-state index contributed by atoms with van der Waals surface area (Å²) in [5.41, 5.74) is 3.03. The molecule has 2 aliphatic rings. The van der Waals surface area contributed by atoms with Gasteiger partial charge in [0.1, 0.15) is 0 Å². The Morgan fingerprint density at radius 2 is 1.94 bits per heavy atom. The molecule has 1 nitrogen and oxygen atoms in total. The van der Waals surface area contributed by atoms with Crippen molar-refractivity contribution < 1.29 is 0 Å². The SMILES string of the molecule is CC1CCN1C1CCCC/C1=C/c1ccccc1. The molecule has 2 fully saturated rings. The van der Waals surface area contributed by atoms with Crippen LogP contribution in [0, 0.1) is 0 Å². The van der Waals surface area contributed by atoms with Gasteiger partial charge in [0, 0.05) is 18.6 Å². The van der Waals surface area contributed by atoms with Crippen molar-refractivity contribution in [2.45, 2.75) is 51.1 Å². The second kappa shape index (κ2) is 5.27. The fourth-order valence-electron chi connectivity index (χ4n) is 3.33. The standard InChI is InChI=1S/C17H23N/c1-14-11-12-18(14)17-10-6-5-9-16(17)13-15-7-3-2-4-8-15/h2-4,7-8,13-14,17H,5-6,9-12H2,1H3/b16-13-. The molecule has 1 aliphatic carbocycles. The fraction of sp³-hybridized carbons (Fsp3) is 0.529. The van der Waals surface area contributed by atoms with E-state index < -0.39 is 0 Å². The molecule has 3 rings (SSSR count). The lowest BCUT2D eigenvalue weighted by Gasteiger charge is -2.47. The van der Waals surface area contributed by atoms with E-state index in [-0.39, 0.29) is 0 Å². The van der Waals surface area contributed by atoms with Crippen molar-refractivity contribution in [1.82, 2.24) is 4.90 Å². The van der Waals surface area contributed by atoms with E-state index in [0.29, 0.717) is 0 Å². The van der Waals surface area contributed by atoms with Crippen molar-refractivity contribution in [3.05, 3.63) is 41.5 Å². The Balaban J connectivity index is 1.81. The second-order valence-electron chi connectivity index (χ2n) is 5.77. The molecule has 1 aromatic carbocycles. The highest BCUT2D eigenvalue weighted by Crippen LogP contribution is 2.34. The van der Waals surface area contributed by atoms with Crippen molar-refractivity contribution in [1.29, 1.82) is 0 Å². The normalized spacial score (nSPS) is 31.3. The highest BCUT2D eigenvalue weighted by atomic mass is 15.2. The zero-order chi connectivity index (χ0) is 12.4. The van der Waals surface area contributed by atoms with Gasteiger partial charge in [0.2, 0.25) is 0 Å². The van der Waals surface area contributed by atoms with Gasteiger partial charge in [-0.05, 0) is 38.2 Å². The van der Waals surface area contributed by atoms with Crippen LogP contribution in [0.4, 0.5) is 0 Å². The lowest BCUT2D eigenvalue weighted by molar-refractivity contribution is 0.0577. The van der Waals surface area contributed by atoms with E-state index in [2.05, 4.69) is 48.2 Å². The molecule has 1 aromatic rings. The first-order valence-corrected chi connectivity index (χ1v) is 7.36. The third-order valence-electron chi connectivity index (χ3n) is 4.54. The van der Waals surface area contributed by atoms with Crippen LogP contribution in [0.5, 0.6) is 0 Å². The van der Waals surface area contributed by atoms with Crippen LogP contribution in [0.15, 0.2) is 35.9 Å². The van der Waals surface area contributed by atoms with Crippen LogP contribution in [0.3, 0.4) is 0 Å². The number of nitrogens with zero attached hydrogens (tertiary/aromatic N) is 1. The molecular weight excluding hydrogens is 218 g/mol. The Kier molecular flexibility index (Phi) is 3.51. The van der Waals surface area contributed by atoms with Crippen LogP contribution in [-0.4, -0.2) is 23.5 Å². The number of benzene rings is 1. The molecule has 96 valence electrons. The van der Waals surface area contributed by atoms with Gasteiger partial charge in [0.25, 0.3) is 0 Å². The Morgan fingerprint density at radius 1 is 1.11 bits per heavy atom. The molecule has 2 atom stereocenters. The van der Waals surface area contributed by atoms with E-state index in [9.17, 15) is 0 Å². The van der Waals surface area contributed by atoms with Crippen molar-refractivity contribution >= 4 is 6.08 Å². The van der Waals surface area contributed by atoms with Gasteiger partial charge in [-0.15, -0.1) is 0 Å². The topological polar surface area (TPSA) is 3.24 Å². The van der Waals surface area contributed by atoms with Gasteiger partial charge in [0.15, 0.2) is 0 Å². The van der Waals surface area contributed by atoms with Crippen LogP contribution in [0.25, 0.3) is 6.08 Å². The monoisotopic (exact) mass is 241 g/mol. The fourth-order valence-corrected chi connectivity index (χ4v) is 3.33. The Hall–Kier alpha value is -1.08. The quantitative estimate of drug-likeness (QED) is 0.753. The number of hydrogen-bond acceptors (Lipinski definition) is 1. The first-order chi connectivity index (χ1) is 8.84. The molecule has 1 heteroatoms. The van der Waals surface area contributed by atoms with Crippen LogP contribution in [0.2, 0.25) is 0 Å². The molecule has 0 spiro atoms. The van der Waals surface area contributed by atoms with Gasteiger partial charge in [-0.1, -0.05) is 48.4 Å². The van der Waals surface area contributed by atoms with E-state index in [1.165, 1.54) is 44.2 Å². The van der Waals surface area contributed by atoms with Crippen LogP contribution < -0.4 is 0 Å². The summed E-state index contributed by atoms with van der Waals surface area (Å²) in [6, 6.07) is 12.3. The average molecular weight is 241 g/mol. The summed E-state index contributed by atoms with van der Waals surface area (Å²) in [5, 5.41) is 0. The maximum Gasteiger partial charge on any atom is 0.0313 e. The van der Waals surface area contributed by atoms with Crippen molar-refractivity contribution in [2.24, 2.45) is 0 Å². The molecule has 0 bridgehead atoms. The van der Waals surface area contributed by atoms with Gasteiger partial charge < -0.3 is 0 Å². The highest BCUT2D eigenvalue weighted by molar-refractivity contribution is 5.54. The van der Waals surface area contributed by atoms with Gasteiger partial charge in [-0.2, -0.15) is 0 Å². The minimum atomic E-state index is 0.725. The number of rotatable bonds is 2. The summed E-state index contributed by atoms with van der Waals surface area (Å²) < 4.78 is 0. The maximum absolute atomic E-state index is 2.70. The summed E-state index contributed by atoms with van der Waals surface area (Å²) >= 11 is 0. The lowest BCUT2D eigenvalue weighted by atomic mass is 9.84. The molecule has 2 unspecified atom stereocenters. The molecule has 1 aliphatic heterocycles. The predicted octanol–water partition coefficient (Wildman–Crippen LogP) is 4.11. The number of hydrogen-bond donors (Lipinski definition) is 0. The smallest absolute Gasteiger partial charge is 0.0313 e. The summed E-state index contributed by atoms with van der Waals surface area (Å²) in [7, 11) is 0. The Bertz CT molecular complexity index is 420. The molecule has 0 N–H and O–H groups in total. The molecule has 0 amide bonds. The summed E-state index contributed by atoms with van der Waals surface area (Å²) in [6.07, 6.45) is 9.26. The third kappa shape index (κ3) is 2.37. The zero-order valence-electron chi connectivity index (χ0n) is 11.3. The van der Waals surface area contributed by atoms with Crippen molar-refractivity contribution in [2.75, 3.05) is 6.54 Å². The van der Waals surface area contributed by atoms with Gasteiger partial charge >= 0.3 is 0 Å². The molecular formula is C17H23N. The van der Waals surface area contributed by atoms with E-state index in [0.717, 1.165) is 12.1 Å². The van der Waals surface area contributed by atoms with E-state index >= 15 is 0 Å². The highest BCUT2D eigenvalue weighted by Gasteiger charge is 2.33. The molecule has 1 heterocycles. The predicted molar refractivity (Wildman–Crippen MR) is 77.5 cm³/mol. The second-order valence-corrected chi connectivity index (χ2v) is 5.77. The van der Waals surface area contributed by atoms with Crippen molar-refractivity contribution in [3.8, 4) is 0 Å². The first kappa shape index (κ1) is 12.0. The average Bonchev–Trinajstić information content (AvgIpc) is 2.40. The molecule has 1 saturated carbocycles. The Labute approximate surface area is 111 Å². The molecule has 0 aromatic heterocycles. The lowest BCUT2D eigenvalue weighted by Crippen LogP contribution is -2.52. The third-order valence-corrected chi connectivity index (χ3v) is 4.54. The minimum Gasteiger partial charge on any atom is -0.294 e. The van der Waals surface area contributed by atoms with Gasteiger partial charge in [-0.25, -0.2) is 0 Å². The summed E-state index contributed by atoms with van der Waals surface area (Å²) in [4.78, 5) is 2.70. The maximum atomic E-state index is 2.70. The molecule has 1 saturated heterocycles. The zero-order valence-corrected chi connectivity index (χ0v) is 11.3.